The number of ether oxygens (including phenoxy) is 1. The second kappa shape index (κ2) is 4.94. The van der Waals surface area contributed by atoms with Crippen LogP contribution in [0, 0.1) is 6.92 Å². The van der Waals surface area contributed by atoms with E-state index < -0.39 is 0 Å². The Morgan fingerprint density at radius 1 is 1.53 bits per heavy atom. The molecule has 0 aliphatic rings. The molecule has 0 bridgehead atoms. The molecule has 0 amide bonds. The molecular weight excluding hydrogens is 192 g/mol. The van der Waals surface area contributed by atoms with Crippen molar-refractivity contribution in [2.45, 2.75) is 26.4 Å². The molecule has 1 aromatic rings. The first-order valence-corrected chi connectivity index (χ1v) is 4.90. The average Bonchev–Trinajstić information content (AvgIpc) is 2.16. The van der Waals surface area contributed by atoms with Gasteiger partial charge in [-0.2, -0.15) is 0 Å². The largest absolute Gasteiger partial charge is 0.465 e. The molecule has 3 nitrogen and oxygen atoms in total. The zero-order valence-corrected chi connectivity index (χ0v) is 9.28. The van der Waals surface area contributed by atoms with Gasteiger partial charge in [-0.05, 0) is 37.5 Å². The summed E-state index contributed by atoms with van der Waals surface area (Å²) < 4.78 is 4.65. The van der Waals surface area contributed by atoms with Crippen LogP contribution in [0.15, 0.2) is 18.2 Å². The molecule has 0 fully saturated rings. The van der Waals surface area contributed by atoms with Gasteiger partial charge in [0.2, 0.25) is 0 Å². The number of aliphatic hydroxyl groups is 1. The van der Waals surface area contributed by atoms with Gasteiger partial charge in [0.15, 0.2) is 0 Å². The molecule has 0 heterocycles. The minimum Gasteiger partial charge on any atom is -0.465 e. The minimum atomic E-state index is -0.367. The Morgan fingerprint density at radius 3 is 2.67 bits per heavy atom. The lowest BCUT2D eigenvalue weighted by atomic mass is 10.0. The van der Waals surface area contributed by atoms with Crippen LogP contribution in [0.3, 0.4) is 0 Å². The number of rotatable bonds is 3. The van der Waals surface area contributed by atoms with Gasteiger partial charge in [-0.15, -0.1) is 0 Å². The van der Waals surface area contributed by atoms with Gasteiger partial charge in [0, 0.05) is 0 Å². The van der Waals surface area contributed by atoms with Gasteiger partial charge >= 0.3 is 5.97 Å². The third-order valence-corrected chi connectivity index (χ3v) is 2.23. The maximum absolute atomic E-state index is 11.3. The fourth-order valence-electron chi connectivity index (χ4n) is 1.53. The zero-order chi connectivity index (χ0) is 11.4. The third kappa shape index (κ3) is 3.06. The van der Waals surface area contributed by atoms with Crippen molar-refractivity contribution >= 4 is 5.97 Å². The highest BCUT2D eigenvalue weighted by Gasteiger charge is 2.09. The summed E-state index contributed by atoms with van der Waals surface area (Å²) in [5.41, 5.74) is 2.47. The van der Waals surface area contributed by atoms with Crippen LogP contribution in [-0.2, 0) is 11.2 Å². The van der Waals surface area contributed by atoms with Crippen LogP contribution in [0.2, 0.25) is 0 Å². The minimum absolute atomic E-state index is 0.323. The van der Waals surface area contributed by atoms with E-state index in [0.29, 0.717) is 12.0 Å². The van der Waals surface area contributed by atoms with Gasteiger partial charge in [-0.25, -0.2) is 4.79 Å². The number of aliphatic hydroxyl groups excluding tert-OH is 1. The highest BCUT2D eigenvalue weighted by molar-refractivity contribution is 5.90. The first kappa shape index (κ1) is 11.7. The molecule has 0 aliphatic heterocycles. The molecule has 3 heteroatoms. The molecule has 0 aromatic heterocycles. The van der Waals surface area contributed by atoms with Gasteiger partial charge in [0.1, 0.15) is 0 Å². The van der Waals surface area contributed by atoms with E-state index in [1.807, 2.05) is 19.1 Å². The van der Waals surface area contributed by atoms with E-state index >= 15 is 0 Å². The molecule has 1 N–H and O–H groups in total. The van der Waals surface area contributed by atoms with Crippen LogP contribution >= 0.6 is 0 Å². The Hall–Kier alpha value is -1.35. The monoisotopic (exact) mass is 208 g/mol. The number of hydrogen-bond acceptors (Lipinski definition) is 3. The number of carbonyl (C=O) groups excluding carboxylic acids is 1. The van der Waals surface area contributed by atoms with Crippen LogP contribution in [0.5, 0.6) is 0 Å². The predicted molar refractivity (Wildman–Crippen MR) is 57.9 cm³/mol. The topological polar surface area (TPSA) is 46.5 Å². The fourth-order valence-corrected chi connectivity index (χ4v) is 1.53. The molecule has 0 spiro atoms. The Kier molecular flexibility index (Phi) is 3.86. The van der Waals surface area contributed by atoms with Gasteiger partial charge in [0.05, 0.1) is 18.8 Å². The van der Waals surface area contributed by atoms with E-state index in [1.54, 1.807) is 13.0 Å². The molecule has 0 aliphatic carbocycles. The fraction of sp³-hybridized carbons (Fsp3) is 0.417. The van der Waals surface area contributed by atoms with Crippen LogP contribution < -0.4 is 0 Å². The van der Waals surface area contributed by atoms with E-state index in [4.69, 9.17) is 0 Å². The van der Waals surface area contributed by atoms with Crippen molar-refractivity contribution in [2.24, 2.45) is 0 Å². The maximum Gasteiger partial charge on any atom is 0.338 e. The zero-order valence-electron chi connectivity index (χ0n) is 9.28. The van der Waals surface area contributed by atoms with Crippen LogP contribution in [0.1, 0.15) is 28.4 Å². The van der Waals surface area contributed by atoms with Gasteiger partial charge in [0.25, 0.3) is 0 Å². The molecule has 1 aromatic carbocycles. The maximum atomic E-state index is 11.3. The van der Waals surface area contributed by atoms with Crippen molar-refractivity contribution in [1.29, 1.82) is 0 Å². The Bertz CT molecular complexity index is 356. The summed E-state index contributed by atoms with van der Waals surface area (Å²) in [7, 11) is 1.37. The summed E-state index contributed by atoms with van der Waals surface area (Å²) in [5.74, 6) is -0.323. The van der Waals surface area contributed by atoms with Crippen molar-refractivity contribution in [3.63, 3.8) is 0 Å². The van der Waals surface area contributed by atoms with Crippen molar-refractivity contribution in [1.82, 2.24) is 0 Å². The predicted octanol–water partition coefficient (Wildman–Crippen LogP) is 1.70. The summed E-state index contributed by atoms with van der Waals surface area (Å²) in [4.78, 5) is 11.3. The summed E-state index contributed by atoms with van der Waals surface area (Å²) in [5, 5.41) is 9.23. The Morgan fingerprint density at radius 2 is 2.20 bits per heavy atom. The lowest BCUT2D eigenvalue weighted by molar-refractivity contribution is 0.0600. The molecule has 0 saturated carbocycles. The second-order valence-corrected chi connectivity index (χ2v) is 3.69. The number of carbonyl (C=O) groups is 1. The van der Waals surface area contributed by atoms with Crippen LogP contribution in [-0.4, -0.2) is 24.3 Å². The van der Waals surface area contributed by atoms with E-state index in [2.05, 4.69) is 4.74 Å². The first-order chi connectivity index (χ1) is 7.04. The van der Waals surface area contributed by atoms with Gasteiger partial charge in [-0.1, -0.05) is 12.1 Å². The normalized spacial score (nSPS) is 12.3. The van der Waals surface area contributed by atoms with Crippen LogP contribution in [0.25, 0.3) is 0 Å². The summed E-state index contributed by atoms with van der Waals surface area (Å²) in [6.45, 7) is 3.60. The quantitative estimate of drug-likeness (QED) is 0.769. The van der Waals surface area contributed by atoms with Crippen molar-refractivity contribution in [2.75, 3.05) is 7.11 Å². The van der Waals surface area contributed by atoms with E-state index in [1.165, 1.54) is 7.11 Å². The molecule has 82 valence electrons. The lowest BCUT2D eigenvalue weighted by Crippen LogP contribution is -2.07. The number of hydrogen-bond donors (Lipinski definition) is 1. The molecule has 1 atom stereocenters. The Labute approximate surface area is 89.7 Å². The van der Waals surface area contributed by atoms with Crippen molar-refractivity contribution < 1.29 is 14.6 Å². The van der Waals surface area contributed by atoms with E-state index in [-0.39, 0.29) is 12.1 Å². The SMILES string of the molecule is COC(=O)c1ccc(C[C@@H](C)O)cc1C. The van der Waals surface area contributed by atoms with Crippen molar-refractivity contribution in [3.8, 4) is 0 Å². The third-order valence-electron chi connectivity index (χ3n) is 2.23. The average molecular weight is 208 g/mol. The van der Waals surface area contributed by atoms with E-state index in [9.17, 15) is 9.90 Å². The number of benzene rings is 1. The van der Waals surface area contributed by atoms with Gasteiger partial charge < -0.3 is 9.84 Å². The van der Waals surface area contributed by atoms with Crippen molar-refractivity contribution in [3.05, 3.63) is 34.9 Å². The summed E-state index contributed by atoms with van der Waals surface area (Å²) in [6, 6.07) is 5.48. The standard InChI is InChI=1S/C12H16O3/c1-8-6-10(7-9(2)13)4-5-11(8)12(14)15-3/h4-6,9,13H,7H2,1-3H3/t9-/m1/s1. The summed E-state index contributed by atoms with van der Waals surface area (Å²) >= 11 is 0. The second-order valence-electron chi connectivity index (χ2n) is 3.69. The highest BCUT2D eigenvalue weighted by atomic mass is 16.5. The molecule has 0 saturated heterocycles. The first-order valence-electron chi connectivity index (χ1n) is 4.90. The molecular formula is C12H16O3. The van der Waals surface area contributed by atoms with Gasteiger partial charge in [-0.3, -0.25) is 0 Å². The Balaban J connectivity index is 2.93. The molecule has 0 unspecified atom stereocenters. The number of aryl methyl sites for hydroxylation is 1. The lowest BCUT2D eigenvalue weighted by Gasteiger charge is -2.08. The molecule has 0 radical (unpaired) electrons. The number of esters is 1. The number of methoxy groups -OCH3 is 1. The highest BCUT2D eigenvalue weighted by Crippen LogP contribution is 2.13. The van der Waals surface area contributed by atoms with Crippen LogP contribution in [0.4, 0.5) is 0 Å². The van der Waals surface area contributed by atoms with E-state index in [0.717, 1.165) is 11.1 Å². The summed E-state index contributed by atoms with van der Waals surface area (Å²) in [6.07, 6.45) is 0.232. The molecule has 15 heavy (non-hydrogen) atoms. The smallest absolute Gasteiger partial charge is 0.338 e. The molecule has 1 rings (SSSR count).